The molecule has 0 radical (unpaired) electrons. The van der Waals surface area contributed by atoms with E-state index in [9.17, 15) is 9.59 Å². The second-order valence-corrected chi connectivity index (χ2v) is 6.68. The topological polar surface area (TPSA) is 84.9 Å². The zero-order valence-electron chi connectivity index (χ0n) is 14.9. The van der Waals surface area contributed by atoms with Crippen LogP contribution in [0, 0.1) is 0 Å². The van der Waals surface area contributed by atoms with Crippen LogP contribution in [0.4, 0.5) is 0 Å². The maximum atomic E-state index is 12.6. The minimum Gasteiger partial charge on any atom is -0.496 e. The Balaban J connectivity index is 1.67. The van der Waals surface area contributed by atoms with Crippen LogP contribution >= 0.6 is 11.6 Å². The van der Waals surface area contributed by atoms with Crippen molar-refractivity contribution in [2.45, 2.75) is 19.3 Å². The van der Waals surface area contributed by atoms with Crippen LogP contribution in [0.2, 0.25) is 5.02 Å². The van der Waals surface area contributed by atoms with Gasteiger partial charge in [-0.05, 0) is 54.7 Å². The Kier molecular flexibility index (Phi) is 5.86. The molecule has 0 aliphatic carbocycles. The number of hydrogen-bond donors (Lipinski definition) is 2. The summed E-state index contributed by atoms with van der Waals surface area (Å²) in [7, 11) is 1.43. The number of ether oxygens (including phenoxy) is 2. The van der Waals surface area contributed by atoms with Gasteiger partial charge in [0.25, 0.3) is 5.91 Å². The van der Waals surface area contributed by atoms with Crippen LogP contribution in [0.3, 0.4) is 0 Å². The zero-order valence-corrected chi connectivity index (χ0v) is 15.6. The van der Waals surface area contributed by atoms with Gasteiger partial charge in [-0.3, -0.25) is 4.79 Å². The number of hydrogen-bond acceptors (Lipinski definition) is 4. The van der Waals surface area contributed by atoms with E-state index in [0.29, 0.717) is 41.7 Å². The average Bonchev–Trinajstić information content (AvgIpc) is 2.66. The highest BCUT2D eigenvalue weighted by Crippen LogP contribution is 2.32. The van der Waals surface area contributed by atoms with E-state index in [1.54, 1.807) is 18.2 Å². The number of methoxy groups -OCH3 is 1. The van der Waals surface area contributed by atoms with Crippen molar-refractivity contribution in [1.29, 1.82) is 0 Å². The van der Waals surface area contributed by atoms with E-state index in [4.69, 9.17) is 26.2 Å². The van der Waals surface area contributed by atoms with Crippen LogP contribution in [0.25, 0.3) is 0 Å². The van der Waals surface area contributed by atoms with E-state index in [1.807, 2.05) is 6.07 Å². The van der Waals surface area contributed by atoms with Gasteiger partial charge < -0.3 is 19.9 Å². The predicted octanol–water partition coefficient (Wildman–Crippen LogP) is 3.34. The lowest BCUT2D eigenvalue weighted by molar-refractivity contribution is 0.0693. The first kappa shape index (κ1) is 19.0. The molecule has 0 fully saturated rings. The molecule has 1 amide bonds. The molecule has 1 aliphatic heterocycles. The van der Waals surface area contributed by atoms with Gasteiger partial charge in [0.1, 0.15) is 17.1 Å². The van der Waals surface area contributed by atoms with Gasteiger partial charge in [-0.25, -0.2) is 4.79 Å². The van der Waals surface area contributed by atoms with Crippen molar-refractivity contribution in [2.24, 2.45) is 0 Å². The van der Waals surface area contributed by atoms with Gasteiger partial charge in [0, 0.05) is 11.6 Å². The number of benzene rings is 2. The second kappa shape index (κ2) is 8.31. The lowest BCUT2D eigenvalue weighted by Gasteiger charge is -2.20. The fourth-order valence-corrected chi connectivity index (χ4v) is 3.34. The normalized spacial score (nSPS) is 12.7. The van der Waals surface area contributed by atoms with E-state index in [2.05, 4.69) is 5.32 Å². The Morgan fingerprint density at radius 1 is 1.26 bits per heavy atom. The number of halogens is 1. The first-order chi connectivity index (χ1) is 13.0. The largest absolute Gasteiger partial charge is 0.496 e. The third-order valence-corrected chi connectivity index (χ3v) is 4.63. The van der Waals surface area contributed by atoms with E-state index in [1.165, 1.54) is 13.2 Å². The van der Waals surface area contributed by atoms with E-state index in [-0.39, 0.29) is 11.5 Å². The zero-order chi connectivity index (χ0) is 19.4. The number of carboxylic acids is 1. The fraction of sp³-hybridized carbons (Fsp3) is 0.300. The average molecular weight is 390 g/mol. The second-order valence-electron chi connectivity index (χ2n) is 6.24. The molecule has 3 rings (SSSR count). The highest BCUT2D eigenvalue weighted by Gasteiger charge is 2.20. The maximum Gasteiger partial charge on any atom is 0.339 e. The smallest absolute Gasteiger partial charge is 0.339 e. The van der Waals surface area contributed by atoms with Crippen LogP contribution in [-0.4, -0.2) is 37.2 Å². The van der Waals surface area contributed by atoms with Gasteiger partial charge in [-0.2, -0.15) is 0 Å². The molecule has 0 saturated heterocycles. The number of aromatic carboxylic acids is 1. The van der Waals surface area contributed by atoms with Crippen molar-refractivity contribution in [2.75, 3.05) is 20.3 Å². The number of carbonyl (C=O) groups excluding carboxylic acids is 1. The number of nitrogens with one attached hydrogen (secondary N) is 1. The third kappa shape index (κ3) is 4.34. The molecule has 0 bridgehead atoms. The lowest BCUT2D eigenvalue weighted by Crippen LogP contribution is -2.27. The Hall–Kier alpha value is -2.73. The Morgan fingerprint density at radius 2 is 2.07 bits per heavy atom. The van der Waals surface area contributed by atoms with Crippen LogP contribution in [0.1, 0.15) is 38.3 Å². The van der Waals surface area contributed by atoms with Crippen LogP contribution in [-0.2, 0) is 12.8 Å². The third-order valence-electron chi connectivity index (χ3n) is 4.41. The molecule has 1 heterocycles. The lowest BCUT2D eigenvalue weighted by atomic mass is 10.0. The summed E-state index contributed by atoms with van der Waals surface area (Å²) in [6.45, 7) is 0.973. The molecule has 27 heavy (non-hydrogen) atoms. The molecule has 0 atom stereocenters. The molecule has 2 aromatic carbocycles. The number of carboxylic acid groups (broad SMARTS) is 1. The monoisotopic (exact) mass is 389 g/mol. The summed E-state index contributed by atoms with van der Waals surface area (Å²) in [5, 5.41) is 12.5. The molecule has 142 valence electrons. The van der Waals surface area contributed by atoms with Crippen molar-refractivity contribution >= 4 is 23.5 Å². The van der Waals surface area contributed by atoms with Crippen LogP contribution in [0.15, 0.2) is 30.3 Å². The number of aryl methyl sites for hydroxylation is 1. The minimum atomic E-state index is -1.04. The number of amides is 1. The summed E-state index contributed by atoms with van der Waals surface area (Å²) in [4.78, 5) is 23.7. The van der Waals surface area contributed by atoms with Gasteiger partial charge in [-0.15, -0.1) is 0 Å². The van der Waals surface area contributed by atoms with E-state index >= 15 is 0 Å². The molecular weight excluding hydrogens is 370 g/mol. The molecule has 0 saturated carbocycles. The maximum absolute atomic E-state index is 12.6. The summed E-state index contributed by atoms with van der Waals surface area (Å²) in [6.07, 6.45) is 2.28. The molecular formula is C20H20ClNO5. The summed E-state index contributed by atoms with van der Waals surface area (Å²) >= 11 is 6.13. The highest BCUT2D eigenvalue weighted by molar-refractivity contribution is 6.31. The molecule has 0 unspecified atom stereocenters. The van der Waals surface area contributed by atoms with Crippen molar-refractivity contribution in [1.82, 2.24) is 5.32 Å². The Bertz CT molecular complexity index is 881. The highest BCUT2D eigenvalue weighted by atomic mass is 35.5. The fourth-order valence-electron chi connectivity index (χ4n) is 3.10. The Morgan fingerprint density at radius 3 is 2.81 bits per heavy atom. The quantitative estimate of drug-likeness (QED) is 0.791. The van der Waals surface area contributed by atoms with E-state index < -0.39 is 5.97 Å². The SMILES string of the molecule is COc1cc(CCNC(=O)c2cc(Cl)cc3c2OCCC3)ccc1C(=O)O. The summed E-state index contributed by atoms with van der Waals surface area (Å²) in [5.41, 5.74) is 2.36. The van der Waals surface area contributed by atoms with Gasteiger partial charge in [0.15, 0.2) is 0 Å². The van der Waals surface area contributed by atoms with Gasteiger partial charge in [-0.1, -0.05) is 17.7 Å². The van der Waals surface area contributed by atoms with Crippen molar-refractivity contribution in [3.05, 3.63) is 57.6 Å². The summed E-state index contributed by atoms with van der Waals surface area (Å²) < 4.78 is 10.8. The molecule has 2 aromatic rings. The van der Waals surface area contributed by atoms with E-state index in [0.717, 1.165) is 24.0 Å². The Labute approximate surface area is 162 Å². The first-order valence-electron chi connectivity index (χ1n) is 8.63. The summed E-state index contributed by atoms with van der Waals surface area (Å²) in [5.74, 6) is -0.388. The number of fused-ring (bicyclic) bond motifs is 1. The summed E-state index contributed by atoms with van der Waals surface area (Å²) in [6, 6.07) is 8.33. The molecule has 6 nitrogen and oxygen atoms in total. The minimum absolute atomic E-state index is 0.105. The molecule has 2 N–H and O–H groups in total. The van der Waals surface area contributed by atoms with Crippen molar-refractivity contribution in [3.63, 3.8) is 0 Å². The van der Waals surface area contributed by atoms with Crippen LogP contribution in [0.5, 0.6) is 11.5 Å². The standard InChI is InChI=1S/C20H20ClNO5/c1-26-17-9-12(4-5-15(17)20(24)25)6-7-22-19(23)16-11-14(21)10-13-3-2-8-27-18(13)16/h4-5,9-11H,2-3,6-8H2,1H3,(H,22,23)(H,24,25). The van der Waals surface area contributed by atoms with Gasteiger partial charge in [0.2, 0.25) is 0 Å². The van der Waals surface area contributed by atoms with Crippen molar-refractivity contribution in [3.8, 4) is 11.5 Å². The number of carbonyl (C=O) groups is 2. The molecule has 1 aliphatic rings. The van der Waals surface area contributed by atoms with Gasteiger partial charge in [0.05, 0.1) is 19.3 Å². The van der Waals surface area contributed by atoms with Gasteiger partial charge >= 0.3 is 5.97 Å². The molecule has 0 aromatic heterocycles. The molecule has 7 heteroatoms. The number of rotatable bonds is 6. The van der Waals surface area contributed by atoms with Crippen LogP contribution < -0.4 is 14.8 Å². The molecule has 0 spiro atoms. The predicted molar refractivity (Wildman–Crippen MR) is 101 cm³/mol. The van der Waals surface area contributed by atoms with Crippen molar-refractivity contribution < 1.29 is 24.2 Å². The first-order valence-corrected chi connectivity index (χ1v) is 9.01.